The largest absolute Gasteiger partial charge is 0.357 e. The van der Waals surface area contributed by atoms with Gasteiger partial charge in [-0.3, -0.25) is 0 Å². The quantitative estimate of drug-likeness (QED) is 0.205. The normalized spacial score (nSPS) is 13.0. The van der Waals surface area contributed by atoms with E-state index in [4.69, 9.17) is 18.9 Å². The van der Waals surface area contributed by atoms with Crippen LogP contribution in [-0.4, -0.2) is 82.3 Å². The molecule has 0 saturated heterocycles. The Morgan fingerprint density at radius 3 is 1.29 bits per heavy atom. The summed E-state index contributed by atoms with van der Waals surface area (Å²) in [7, 11) is 1.66. The zero-order valence-corrected chi connectivity index (χ0v) is 19.5. The molecule has 0 radical (unpaired) electrons. The predicted octanol–water partition coefficient (Wildman–Crippen LogP) is 1.59. The van der Waals surface area contributed by atoms with Crippen LogP contribution in [0.3, 0.4) is 0 Å². The summed E-state index contributed by atoms with van der Waals surface area (Å²) in [6.45, 7) is 13.5. The van der Waals surface area contributed by atoms with Crippen molar-refractivity contribution in [2.75, 3.05) is 46.6 Å². The van der Waals surface area contributed by atoms with Crippen molar-refractivity contribution in [2.45, 2.75) is 64.5 Å². The van der Waals surface area contributed by atoms with E-state index >= 15 is 0 Å². The second kappa shape index (κ2) is 18.0. The Hall–Kier alpha value is 0.234. The number of ether oxygens (including phenoxy) is 4. The summed E-state index contributed by atoms with van der Waals surface area (Å²) in [5.74, 6) is 0.232. The molecule has 0 fully saturated rings. The second-order valence-electron chi connectivity index (χ2n) is 5.98. The van der Waals surface area contributed by atoms with Crippen LogP contribution in [0.2, 0.25) is 12.1 Å². The van der Waals surface area contributed by atoms with Gasteiger partial charge in [0.05, 0.1) is 19.0 Å². The molecule has 0 spiro atoms. The van der Waals surface area contributed by atoms with E-state index in [0.29, 0.717) is 0 Å². The molecule has 0 aromatic rings. The molecule has 0 aliphatic heterocycles. The summed E-state index contributed by atoms with van der Waals surface area (Å²) in [5.41, 5.74) is 0. The lowest BCUT2D eigenvalue weighted by Gasteiger charge is -2.19. The maximum atomic E-state index is 5.64. The molecule has 24 heavy (non-hydrogen) atoms. The molecule has 0 saturated carbocycles. The molecule has 0 aromatic carbocycles. The highest BCUT2D eigenvalue weighted by atomic mass is 28.2. The third-order valence-electron chi connectivity index (χ3n) is 3.87. The molecule has 0 rings (SSSR count). The maximum absolute atomic E-state index is 5.64. The minimum Gasteiger partial charge on any atom is -0.357 e. The second-order valence-corrected chi connectivity index (χ2v) is 9.88. The number of hydrogen-bond acceptors (Lipinski definition) is 5. The molecule has 0 heterocycles. The summed E-state index contributed by atoms with van der Waals surface area (Å²) >= 11 is 0. The monoisotopic (exact) mass is 379 g/mol. The van der Waals surface area contributed by atoms with Gasteiger partial charge in [0.1, 0.15) is 11.8 Å². The number of hydrogen-bond donors (Lipinski definition) is 0. The van der Waals surface area contributed by atoms with Gasteiger partial charge in [0.2, 0.25) is 0 Å². The Labute approximate surface area is 154 Å². The molecule has 0 unspecified atom stereocenters. The van der Waals surface area contributed by atoms with Crippen molar-refractivity contribution in [2.24, 2.45) is 0 Å². The lowest BCUT2D eigenvalue weighted by atomic mass is 10.4. The Kier molecular flexibility index (Phi) is 18.2. The van der Waals surface area contributed by atoms with Gasteiger partial charge >= 0.3 is 0 Å². The van der Waals surface area contributed by atoms with E-state index in [1.54, 1.807) is 0 Å². The van der Waals surface area contributed by atoms with Gasteiger partial charge in [0.15, 0.2) is 0 Å². The van der Waals surface area contributed by atoms with Crippen molar-refractivity contribution in [3.8, 4) is 0 Å². The Bertz CT molecular complexity index is 227. The molecule has 7 heteroatoms. The van der Waals surface area contributed by atoms with Gasteiger partial charge in [-0.1, -0.05) is 12.1 Å². The van der Waals surface area contributed by atoms with Gasteiger partial charge in [-0.15, -0.1) is 0 Å². The number of nitrogens with zero attached hydrogens (tertiary/aromatic N) is 1. The van der Waals surface area contributed by atoms with Gasteiger partial charge in [0.25, 0.3) is 0 Å². The molecule has 146 valence electrons. The van der Waals surface area contributed by atoms with Crippen LogP contribution in [0.5, 0.6) is 0 Å². The maximum Gasteiger partial charge on any atom is 0.134 e. The first-order chi connectivity index (χ1) is 11.7. The van der Waals surface area contributed by atoms with Crippen LogP contribution in [0.15, 0.2) is 0 Å². The van der Waals surface area contributed by atoms with E-state index in [0.717, 1.165) is 26.4 Å². The van der Waals surface area contributed by atoms with Crippen molar-refractivity contribution in [1.29, 1.82) is 0 Å². The molecule has 0 N–H and O–H groups in total. The minimum absolute atomic E-state index is 0.116. The van der Waals surface area contributed by atoms with Crippen LogP contribution in [0, 0.1) is 0 Å². The minimum atomic E-state index is -0.283. The topological polar surface area (TPSA) is 40.2 Å². The fourth-order valence-electron chi connectivity index (χ4n) is 2.67. The van der Waals surface area contributed by atoms with E-state index in [1.165, 1.54) is 38.0 Å². The first kappa shape index (κ1) is 24.2. The zero-order chi connectivity index (χ0) is 18.0. The average Bonchev–Trinajstić information content (AvgIpc) is 2.56. The highest BCUT2D eigenvalue weighted by molar-refractivity contribution is 6.36. The first-order valence-electron chi connectivity index (χ1n) is 9.82. The Morgan fingerprint density at radius 2 is 1.00 bits per heavy atom. The molecular weight excluding hydrogens is 338 g/mol. The Balaban J connectivity index is 3.62. The molecule has 0 aliphatic carbocycles. The van der Waals surface area contributed by atoms with Gasteiger partial charge < -0.3 is 23.8 Å². The van der Waals surface area contributed by atoms with Crippen LogP contribution >= 0.6 is 0 Å². The van der Waals surface area contributed by atoms with Crippen molar-refractivity contribution in [3.63, 3.8) is 0 Å². The summed E-state index contributed by atoms with van der Waals surface area (Å²) in [6, 6.07) is 2.58. The van der Waals surface area contributed by atoms with E-state index in [-0.39, 0.29) is 30.9 Å². The van der Waals surface area contributed by atoms with Gasteiger partial charge in [-0.2, -0.15) is 0 Å². The van der Waals surface area contributed by atoms with Crippen molar-refractivity contribution in [3.05, 3.63) is 0 Å². The third kappa shape index (κ3) is 14.6. The lowest BCUT2D eigenvalue weighted by Crippen LogP contribution is -2.27. The van der Waals surface area contributed by atoms with Crippen molar-refractivity contribution >= 4 is 19.0 Å². The average molecular weight is 380 g/mol. The van der Waals surface area contributed by atoms with E-state index < -0.39 is 0 Å². The molecule has 0 aliphatic rings. The summed E-state index contributed by atoms with van der Waals surface area (Å²) in [6.07, 6.45) is 2.52. The van der Waals surface area contributed by atoms with Crippen LogP contribution in [0.1, 0.15) is 40.5 Å². The van der Waals surface area contributed by atoms with E-state index in [2.05, 4.69) is 11.9 Å². The van der Waals surface area contributed by atoms with Crippen LogP contribution in [-0.2, 0) is 18.9 Å². The van der Waals surface area contributed by atoms with Gasteiger partial charge in [-0.05, 0) is 60.7 Å². The zero-order valence-electron chi connectivity index (χ0n) is 16.7. The highest BCUT2D eigenvalue weighted by Crippen LogP contribution is 2.03. The molecule has 0 aromatic heterocycles. The summed E-state index contributed by atoms with van der Waals surface area (Å²) in [4.78, 5) is 2.45. The fraction of sp³-hybridized carbons (Fsp3) is 1.00. The molecule has 5 nitrogen and oxygen atoms in total. The molecule has 0 amide bonds. The van der Waals surface area contributed by atoms with E-state index in [9.17, 15) is 0 Å². The van der Waals surface area contributed by atoms with Crippen LogP contribution < -0.4 is 0 Å². The fourth-order valence-corrected chi connectivity index (χ4v) is 5.97. The number of rotatable bonds is 18. The first-order valence-corrected chi connectivity index (χ1v) is 13.5. The SMILES string of the molecule is CCOC(OCC)[SiH2]CCCN(C)CCC[SiH2]C(OCC)OCC. The van der Waals surface area contributed by atoms with Crippen LogP contribution in [0.25, 0.3) is 0 Å². The molecule has 0 bridgehead atoms. The predicted molar refractivity (Wildman–Crippen MR) is 108 cm³/mol. The molecular formula is C17H41NO4Si2. The van der Waals surface area contributed by atoms with E-state index in [1.807, 2.05) is 27.7 Å². The lowest BCUT2D eigenvalue weighted by molar-refractivity contribution is -0.0829. The Morgan fingerprint density at radius 1 is 0.667 bits per heavy atom. The smallest absolute Gasteiger partial charge is 0.134 e. The van der Waals surface area contributed by atoms with Gasteiger partial charge in [-0.25, -0.2) is 0 Å². The van der Waals surface area contributed by atoms with Crippen LogP contribution in [0.4, 0.5) is 0 Å². The third-order valence-corrected chi connectivity index (χ3v) is 7.57. The van der Waals surface area contributed by atoms with Gasteiger partial charge in [0, 0.05) is 26.4 Å². The standard InChI is InChI=1S/C17H41NO4Si2/c1-6-19-16(20-7-2)23-14-10-12-18(5)13-11-15-24-17(21-8-3)22-9-4/h16-17H,6-15,23-24H2,1-5H3. The summed E-state index contributed by atoms with van der Waals surface area (Å²) < 4.78 is 22.6. The molecule has 0 atom stereocenters. The van der Waals surface area contributed by atoms with Crippen molar-refractivity contribution < 1.29 is 18.9 Å². The highest BCUT2D eigenvalue weighted by Gasteiger charge is 2.10. The van der Waals surface area contributed by atoms with Crippen molar-refractivity contribution in [1.82, 2.24) is 4.90 Å². The summed E-state index contributed by atoms with van der Waals surface area (Å²) in [5, 5.41) is 0.